The minimum absolute atomic E-state index is 0.0894. The van der Waals surface area contributed by atoms with Crippen LogP contribution in [0.4, 0.5) is 0 Å². The van der Waals surface area contributed by atoms with Crippen LogP contribution in [0.15, 0.2) is 16.4 Å². The Morgan fingerprint density at radius 3 is 3.25 bits per heavy atom. The first-order valence-electron chi connectivity index (χ1n) is 6.99. The van der Waals surface area contributed by atoms with Crippen LogP contribution >= 0.6 is 11.3 Å². The zero-order valence-corrected chi connectivity index (χ0v) is 12.4. The molecular formula is C13H19N5OS. The van der Waals surface area contributed by atoms with Gasteiger partial charge in [-0.25, -0.2) is 4.98 Å². The first-order chi connectivity index (χ1) is 9.78. The summed E-state index contributed by atoms with van der Waals surface area (Å²) in [6.45, 7) is 2.81. The average Bonchev–Trinajstić information content (AvgIpc) is 2.90. The van der Waals surface area contributed by atoms with Crippen molar-refractivity contribution in [2.45, 2.75) is 31.8 Å². The number of hydrogen-bond acceptors (Lipinski definition) is 6. The fraction of sp³-hybridized carbons (Fsp3) is 0.615. The number of nitrogens with one attached hydrogen (secondary N) is 1. The number of aromatic nitrogens is 3. The molecule has 0 saturated carbocycles. The van der Waals surface area contributed by atoms with Crippen LogP contribution < -0.4 is 10.9 Å². The molecule has 0 amide bonds. The topological polar surface area (TPSA) is 62.5 Å². The molecule has 1 aliphatic heterocycles. The molecule has 0 radical (unpaired) electrons. The molecule has 6 nitrogen and oxygen atoms in total. The van der Waals surface area contributed by atoms with E-state index in [9.17, 15) is 4.79 Å². The standard InChI is InChI=1S/C13H19N5OS/c1-14-7-11-4-2-3-5-17(11)8-10-6-12(19)18-13(16-10)20-9-15-18/h6,9,11,14H,2-5,7-8H2,1H3. The van der Waals surface area contributed by atoms with Gasteiger partial charge in [0.1, 0.15) is 5.51 Å². The van der Waals surface area contributed by atoms with E-state index >= 15 is 0 Å². The van der Waals surface area contributed by atoms with E-state index in [0.29, 0.717) is 11.0 Å². The predicted octanol–water partition coefficient (Wildman–Crippen LogP) is 0.725. The highest BCUT2D eigenvalue weighted by Crippen LogP contribution is 2.18. The molecule has 1 aliphatic rings. The second-order valence-corrected chi connectivity index (χ2v) is 6.01. The van der Waals surface area contributed by atoms with Gasteiger partial charge in [-0.15, -0.1) is 0 Å². The molecule has 0 bridgehead atoms. The van der Waals surface area contributed by atoms with E-state index in [-0.39, 0.29) is 5.56 Å². The van der Waals surface area contributed by atoms with Gasteiger partial charge in [0.2, 0.25) is 4.96 Å². The van der Waals surface area contributed by atoms with E-state index in [1.165, 1.54) is 35.1 Å². The van der Waals surface area contributed by atoms with Crippen molar-refractivity contribution in [3.63, 3.8) is 0 Å². The van der Waals surface area contributed by atoms with Crippen molar-refractivity contribution < 1.29 is 0 Å². The summed E-state index contributed by atoms with van der Waals surface area (Å²) in [6.07, 6.45) is 3.72. The number of likely N-dealkylation sites (tertiary alicyclic amines) is 1. The summed E-state index contributed by atoms with van der Waals surface area (Å²) in [7, 11) is 1.99. The molecule has 0 spiro atoms. The van der Waals surface area contributed by atoms with Gasteiger partial charge in [-0.05, 0) is 26.4 Å². The zero-order chi connectivity index (χ0) is 13.9. The fourth-order valence-electron chi connectivity index (χ4n) is 2.82. The molecule has 1 unspecified atom stereocenters. The SMILES string of the molecule is CNCC1CCCCN1Cc1cc(=O)n2ncsc2n1. The first kappa shape index (κ1) is 13.7. The summed E-state index contributed by atoms with van der Waals surface area (Å²) >= 11 is 1.40. The molecule has 7 heteroatoms. The number of likely N-dealkylation sites (N-methyl/N-ethyl adjacent to an activating group) is 1. The lowest BCUT2D eigenvalue weighted by Gasteiger charge is -2.35. The second kappa shape index (κ2) is 5.99. The third kappa shape index (κ3) is 2.74. The first-order valence-corrected chi connectivity index (χ1v) is 7.87. The van der Waals surface area contributed by atoms with Crippen molar-refractivity contribution in [2.75, 3.05) is 20.1 Å². The molecule has 2 aromatic heterocycles. The quantitative estimate of drug-likeness (QED) is 0.900. The number of nitrogens with zero attached hydrogens (tertiary/aromatic N) is 4. The van der Waals surface area contributed by atoms with Gasteiger partial charge in [0.25, 0.3) is 5.56 Å². The second-order valence-electron chi connectivity index (χ2n) is 5.20. The molecule has 1 N–H and O–H groups in total. The molecule has 1 fully saturated rings. The van der Waals surface area contributed by atoms with E-state index in [4.69, 9.17) is 0 Å². The lowest BCUT2D eigenvalue weighted by Crippen LogP contribution is -2.44. The van der Waals surface area contributed by atoms with E-state index in [2.05, 4.69) is 20.3 Å². The van der Waals surface area contributed by atoms with Crippen LogP contribution in [-0.2, 0) is 6.54 Å². The third-order valence-corrected chi connectivity index (χ3v) is 4.47. The van der Waals surface area contributed by atoms with Crippen LogP contribution in [0.3, 0.4) is 0 Å². The number of fused-ring (bicyclic) bond motifs is 1. The Labute approximate surface area is 121 Å². The molecule has 20 heavy (non-hydrogen) atoms. The van der Waals surface area contributed by atoms with Crippen molar-refractivity contribution >= 4 is 16.3 Å². The van der Waals surface area contributed by atoms with Crippen LogP contribution in [0.5, 0.6) is 0 Å². The summed E-state index contributed by atoms with van der Waals surface area (Å²) in [5, 5.41) is 7.24. The summed E-state index contributed by atoms with van der Waals surface area (Å²) in [6, 6.07) is 2.15. The van der Waals surface area contributed by atoms with Gasteiger partial charge >= 0.3 is 0 Å². The van der Waals surface area contributed by atoms with Crippen molar-refractivity contribution in [3.05, 3.63) is 27.6 Å². The molecular weight excluding hydrogens is 274 g/mol. The summed E-state index contributed by atoms with van der Waals surface area (Å²) in [5.74, 6) is 0. The van der Waals surface area contributed by atoms with Gasteiger partial charge in [-0.3, -0.25) is 9.69 Å². The molecule has 108 valence electrons. The van der Waals surface area contributed by atoms with Gasteiger partial charge in [0.05, 0.1) is 5.69 Å². The highest BCUT2D eigenvalue weighted by molar-refractivity contribution is 7.14. The summed E-state index contributed by atoms with van der Waals surface area (Å²) in [4.78, 5) is 19.6. The number of piperidine rings is 1. The highest BCUT2D eigenvalue weighted by atomic mass is 32.1. The number of hydrogen-bond donors (Lipinski definition) is 1. The monoisotopic (exact) mass is 293 g/mol. The Morgan fingerprint density at radius 1 is 1.50 bits per heavy atom. The molecule has 3 rings (SSSR count). The van der Waals surface area contributed by atoms with Crippen LogP contribution in [0.25, 0.3) is 4.96 Å². The van der Waals surface area contributed by atoms with Gasteiger partial charge < -0.3 is 5.32 Å². The molecule has 0 aromatic carbocycles. The molecule has 0 aliphatic carbocycles. The lowest BCUT2D eigenvalue weighted by molar-refractivity contribution is 0.137. The molecule has 3 heterocycles. The maximum atomic E-state index is 11.9. The fourth-order valence-corrected chi connectivity index (χ4v) is 3.47. The third-order valence-electron chi connectivity index (χ3n) is 3.79. The number of rotatable bonds is 4. The minimum atomic E-state index is -0.0894. The normalized spacial score (nSPS) is 20.6. The molecule has 1 atom stereocenters. The van der Waals surface area contributed by atoms with E-state index in [1.54, 1.807) is 11.6 Å². The Bertz CT molecular complexity index is 635. The van der Waals surface area contributed by atoms with Crippen LogP contribution in [0.2, 0.25) is 0 Å². The summed E-state index contributed by atoms with van der Waals surface area (Å²) in [5.41, 5.74) is 2.41. The van der Waals surface area contributed by atoms with Crippen LogP contribution in [0, 0.1) is 0 Å². The van der Waals surface area contributed by atoms with Gasteiger partial charge in [-0.2, -0.15) is 9.61 Å². The molecule has 2 aromatic rings. The Balaban J connectivity index is 1.82. The Kier molecular flexibility index (Phi) is 4.09. The molecule has 1 saturated heterocycles. The highest BCUT2D eigenvalue weighted by Gasteiger charge is 2.22. The minimum Gasteiger partial charge on any atom is -0.318 e. The Morgan fingerprint density at radius 2 is 2.40 bits per heavy atom. The van der Waals surface area contributed by atoms with Crippen LogP contribution in [-0.4, -0.2) is 45.7 Å². The predicted molar refractivity (Wildman–Crippen MR) is 79.1 cm³/mol. The van der Waals surface area contributed by atoms with E-state index in [1.807, 2.05) is 7.05 Å². The van der Waals surface area contributed by atoms with Crippen molar-refractivity contribution in [3.8, 4) is 0 Å². The largest absolute Gasteiger partial charge is 0.318 e. The zero-order valence-electron chi connectivity index (χ0n) is 11.6. The maximum Gasteiger partial charge on any atom is 0.275 e. The summed E-state index contributed by atoms with van der Waals surface area (Å²) < 4.78 is 1.36. The Hall–Kier alpha value is -1.31. The maximum absolute atomic E-state index is 11.9. The van der Waals surface area contributed by atoms with Crippen molar-refractivity contribution in [2.24, 2.45) is 0 Å². The van der Waals surface area contributed by atoms with Gasteiger partial charge in [-0.1, -0.05) is 17.8 Å². The van der Waals surface area contributed by atoms with E-state index < -0.39 is 0 Å². The van der Waals surface area contributed by atoms with E-state index in [0.717, 1.165) is 25.3 Å². The van der Waals surface area contributed by atoms with Gasteiger partial charge in [0, 0.05) is 25.2 Å². The van der Waals surface area contributed by atoms with Gasteiger partial charge in [0.15, 0.2) is 0 Å². The van der Waals surface area contributed by atoms with Crippen LogP contribution in [0.1, 0.15) is 25.0 Å². The van der Waals surface area contributed by atoms with Crippen molar-refractivity contribution in [1.29, 1.82) is 0 Å². The van der Waals surface area contributed by atoms with Crippen molar-refractivity contribution in [1.82, 2.24) is 24.8 Å². The lowest BCUT2D eigenvalue weighted by atomic mass is 10.0. The smallest absolute Gasteiger partial charge is 0.275 e. The average molecular weight is 293 g/mol.